The van der Waals surface area contributed by atoms with E-state index in [-0.39, 0.29) is 11.6 Å². The first-order valence-electron chi connectivity index (χ1n) is 10.3. The number of nitrogens with zero attached hydrogens (tertiary/aromatic N) is 5. The number of aromatic nitrogens is 2. The average molecular weight is 420 g/mol. The van der Waals surface area contributed by atoms with Crippen molar-refractivity contribution >= 4 is 26.6 Å². The number of hydrogen-bond acceptors (Lipinski definition) is 6. The van der Waals surface area contributed by atoms with Gasteiger partial charge in [-0.05, 0) is 38.5 Å². The molecule has 1 aromatic carbocycles. The van der Waals surface area contributed by atoms with E-state index in [1.165, 1.54) is 0 Å². The lowest BCUT2D eigenvalue weighted by Crippen LogP contribution is -2.48. The molecule has 2 fully saturated rings. The summed E-state index contributed by atoms with van der Waals surface area (Å²) in [6.07, 6.45) is 2.37. The minimum absolute atomic E-state index is 0.00163. The lowest BCUT2D eigenvalue weighted by Gasteiger charge is -2.36. The monoisotopic (exact) mass is 419 g/mol. The molecule has 0 bridgehead atoms. The first-order chi connectivity index (χ1) is 13.8. The van der Waals surface area contributed by atoms with Gasteiger partial charge in [0.2, 0.25) is 10.0 Å². The van der Waals surface area contributed by atoms with Crippen molar-refractivity contribution in [2.45, 2.75) is 26.3 Å². The first-order valence-corrected chi connectivity index (χ1v) is 11.9. The smallest absolute Gasteiger partial charge is 0.261 e. The Labute approximate surface area is 171 Å². The predicted octanol–water partition coefficient (Wildman–Crippen LogP) is 1.13. The molecular weight excluding hydrogens is 390 g/mol. The molecule has 2 saturated heterocycles. The fraction of sp³-hybridized carbons (Fsp3) is 0.600. The standard InChI is InChI=1S/C20H29N5O3S/c1-16(2)25-15-21-19-14-17(4-5-18(19)20(25)26)23-10-7-22(8-11-23)9-12-24-6-3-13-29(24,27)28/h4-5,14-16H,3,6-13H2,1-2H3. The van der Waals surface area contributed by atoms with Gasteiger partial charge in [0.05, 0.1) is 23.0 Å². The molecule has 0 aliphatic carbocycles. The summed E-state index contributed by atoms with van der Waals surface area (Å²) in [5.41, 5.74) is 1.80. The molecule has 0 saturated carbocycles. The maximum Gasteiger partial charge on any atom is 0.261 e. The van der Waals surface area contributed by atoms with Crippen LogP contribution in [-0.2, 0) is 10.0 Å². The van der Waals surface area contributed by atoms with Gasteiger partial charge in [-0.25, -0.2) is 17.7 Å². The second-order valence-electron chi connectivity index (χ2n) is 8.15. The minimum atomic E-state index is -3.01. The van der Waals surface area contributed by atoms with E-state index in [1.807, 2.05) is 32.0 Å². The lowest BCUT2D eigenvalue weighted by molar-refractivity contribution is 0.240. The molecule has 3 heterocycles. The number of piperazine rings is 1. The maximum absolute atomic E-state index is 12.6. The Morgan fingerprint density at radius 2 is 1.83 bits per heavy atom. The van der Waals surface area contributed by atoms with Crippen molar-refractivity contribution in [3.05, 3.63) is 34.9 Å². The van der Waals surface area contributed by atoms with E-state index < -0.39 is 10.0 Å². The van der Waals surface area contributed by atoms with Gasteiger partial charge in [0.15, 0.2) is 0 Å². The molecule has 9 heteroatoms. The minimum Gasteiger partial charge on any atom is -0.369 e. The van der Waals surface area contributed by atoms with Crippen molar-refractivity contribution in [1.29, 1.82) is 0 Å². The molecule has 4 rings (SSSR count). The largest absolute Gasteiger partial charge is 0.369 e. The summed E-state index contributed by atoms with van der Waals surface area (Å²) < 4.78 is 27.1. The van der Waals surface area contributed by atoms with Crippen molar-refractivity contribution in [1.82, 2.24) is 18.8 Å². The highest BCUT2D eigenvalue weighted by Gasteiger charge is 2.28. The first kappa shape index (κ1) is 20.3. The quantitative estimate of drug-likeness (QED) is 0.723. The molecule has 0 atom stereocenters. The number of fused-ring (bicyclic) bond motifs is 1. The summed E-state index contributed by atoms with van der Waals surface area (Å²) in [6.45, 7) is 9.52. The normalized spacial score (nSPS) is 20.7. The summed E-state index contributed by atoms with van der Waals surface area (Å²) in [5.74, 6) is 0.291. The second kappa shape index (κ2) is 8.04. The molecule has 8 nitrogen and oxygen atoms in total. The molecule has 0 N–H and O–H groups in total. The van der Waals surface area contributed by atoms with Crippen molar-refractivity contribution in [2.75, 3.05) is 56.5 Å². The average Bonchev–Trinajstić information content (AvgIpc) is 3.04. The van der Waals surface area contributed by atoms with E-state index in [9.17, 15) is 13.2 Å². The van der Waals surface area contributed by atoms with Gasteiger partial charge in [-0.1, -0.05) is 0 Å². The molecule has 158 valence electrons. The fourth-order valence-corrected chi connectivity index (χ4v) is 5.63. The maximum atomic E-state index is 12.6. The van der Waals surface area contributed by atoms with E-state index in [0.717, 1.165) is 50.3 Å². The summed E-state index contributed by atoms with van der Waals surface area (Å²) in [4.78, 5) is 21.7. The Balaban J connectivity index is 1.39. The highest BCUT2D eigenvalue weighted by atomic mass is 32.2. The van der Waals surface area contributed by atoms with Crippen LogP contribution in [0.5, 0.6) is 0 Å². The zero-order valence-electron chi connectivity index (χ0n) is 17.1. The van der Waals surface area contributed by atoms with Crippen LogP contribution in [0, 0.1) is 0 Å². The molecule has 2 aliphatic rings. The summed E-state index contributed by atoms with van der Waals surface area (Å²) in [7, 11) is -3.01. The van der Waals surface area contributed by atoms with Gasteiger partial charge in [0.25, 0.3) is 5.56 Å². The van der Waals surface area contributed by atoms with Crippen LogP contribution in [0.1, 0.15) is 26.3 Å². The van der Waals surface area contributed by atoms with Gasteiger partial charge < -0.3 is 4.90 Å². The third-order valence-corrected chi connectivity index (χ3v) is 7.89. The molecule has 2 aliphatic heterocycles. The highest BCUT2D eigenvalue weighted by Crippen LogP contribution is 2.21. The van der Waals surface area contributed by atoms with Gasteiger partial charge in [-0.3, -0.25) is 14.3 Å². The van der Waals surface area contributed by atoms with Crippen LogP contribution < -0.4 is 10.5 Å². The van der Waals surface area contributed by atoms with Crippen LogP contribution in [0.4, 0.5) is 5.69 Å². The highest BCUT2D eigenvalue weighted by molar-refractivity contribution is 7.89. The second-order valence-corrected chi connectivity index (χ2v) is 10.2. The van der Waals surface area contributed by atoms with Gasteiger partial charge in [0.1, 0.15) is 0 Å². The van der Waals surface area contributed by atoms with Crippen LogP contribution in [0.15, 0.2) is 29.3 Å². The number of anilines is 1. The SMILES string of the molecule is CC(C)n1cnc2cc(N3CCN(CCN4CCCS4(=O)=O)CC3)ccc2c1=O. The molecule has 29 heavy (non-hydrogen) atoms. The summed E-state index contributed by atoms with van der Waals surface area (Å²) in [6, 6.07) is 5.96. The summed E-state index contributed by atoms with van der Waals surface area (Å²) >= 11 is 0. The van der Waals surface area contributed by atoms with Crippen molar-refractivity contribution < 1.29 is 8.42 Å². The van der Waals surface area contributed by atoms with E-state index in [1.54, 1.807) is 15.2 Å². The predicted molar refractivity (Wildman–Crippen MR) is 115 cm³/mol. The van der Waals surface area contributed by atoms with Crippen molar-refractivity contribution in [3.63, 3.8) is 0 Å². The molecule has 1 aromatic heterocycles. The van der Waals surface area contributed by atoms with Gasteiger partial charge >= 0.3 is 0 Å². The summed E-state index contributed by atoms with van der Waals surface area (Å²) in [5, 5.41) is 0.649. The number of rotatable bonds is 5. The third kappa shape index (κ3) is 4.17. The molecule has 2 aromatic rings. The van der Waals surface area contributed by atoms with Crippen LogP contribution in [0.2, 0.25) is 0 Å². The molecule has 0 radical (unpaired) electrons. The van der Waals surface area contributed by atoms with Crippen LogP contribution in [-0.4, -0.2) is 78.7 Å². The van der Waals surface area contributed by atoms with E-state index in [4.69, 9.17) is 0 Å². The van der Waals surface area contributed by atoms with E-state index in [2.05, 4.69) is 14.8 Å². The third-order valence-electron chi connectivity index (χ3n) is 5.93. The lowest BCUT2D eigenvalue weighted by atomic mass is 10.2. The number of hydrogen-bond donors (Lipinski definition) is 0. The molecular formula is C20H29N5O3S. The Hall–Kier alpha value is -1.97. The van der Waals surface area contributed by atoms with Crippen molar-refractivity contribution in [2.24, 2.45) is 0 Å². The molecule has 0 amide bonds. The Kier molecular flexibility index (Phi) is 5.63. The Morgan fingerprint density at radius 3 is 2.48 bits per heavy atom. The fourth-order valence-electron chi connectivity index (χ4n) is 4.11. The van der Waals surface area contributed by atoms with Gasteiger partial charge in [-0.15, -0.1) is 0 Å². The zero-order valence-corrected chi connectivity index (χ0v) is 17.9. The molecule has 0 unspecified atom stereocenters. The molecule has 0 spiro atoms. The van der Waals surface area contributed by atoms with Crippen LogP contribution >= 0.6 is 0 Å². The number of benzene rings is 1. The van der Waals surface area contributed by atoms with Crippen molar-refractivity contribution in [3.8, 4) is 0 Å². The van der Waals surface area contributed by atoms with E-state index >= 15 is 0 Å². The Bertz CT molecular complexity index is 1040. The van der Waals surface area contributed by atoms with Gasteiger partial charge in [-0.2, -0.15) is 0 Å². The number of sulfonamides is 1. The van der Waals surface area contributed by atoms with Crippen LogP contribution in [0.3, 0.4) is 0 Å². The van der Waals surface area contributed by atoms with Gasteiger partial charge in [0, 0.05) is 57.5 Å². The Morgan fingerprint density at radius 1 is 1.07 bits per heavy atom. The topological polar surface area (TPSA) is 78.8 Å². The van der Waals surface area contributed by atoms with Crippen LogP contribution in [0.25, 0.3) is 10.9 Å². The zero-order chi connectivity index (χ0) is 20.6. The van der Waals surface area contributed by atoms with E-state index in [0.29, 0.717) is 24.2 Å².